The zero-order valence-corrected chi connectivity index (χ0v) is 10.2. The van der Waals surface area contributed by atoms with Crippen LogP contribution in [-0.4, -0.2) is 34.6 Å². The van der Waals surface area contributed by atoms with Crippen LogP contribution in [-0.2, 0) is 11.2 Å². The molecular weight excluding hydrogens is 224 g/mol. The summed E-state index contributed by atoms with van der Waals surface area (Å²) in [5, 5.41) is 11.7. The van der Waals surface area contributed by atoms with E-state index in [9.17, 15) is 4.79 Å². The van der Waals surface area contributed by atoms with Gasteiger partial charge in [-0.15, -0.1) is 11.3 Å². The molecule has 0 aliphatic carbocycles. The fourth-order valence-corrected chi connectivity index (χ4v) is 3.10. The maximum absolute atomic E-state index is 10.5. The molecule has 1 aromatic heterocycles. The van der Waals surface area contributed by atoms with Crippen LogP contribution in [0.4, 0.5) is 0 Å². The molecule has 1 saturated heterocycles. The number of rotatable bonds is 4. The largest absolute Gasteiger partial charge is 0.481 e. The third-order valence-electron chi connectivity index (χ3n) is 2.97. The summed E-state index contributed by atoms with van der Waals surface area (Å²) in [5.74, 6) is -0.757. The number of hydrogen-bond donors (Lipinski definition) is 1. The summed E-state index contributed by atoms with van der Waals surface area (Å²) in [6, 6.07) is 0.448. The van der Waals surface area contributed by atoms with Gasteiger partial charge in [-0.25, -0.2) is 4.98 Å². The van der Waals surface area contributed by atoms with Crippen LogP contribution in [0, 0.1) is 0 Å². The van der Waals surface area contributed by atoms with Crippen molar-refractivity contribution in [3.8, 4) is 0 Å². The van der Waals surface area contributed by atoms with Crippen molar-refractivity contribution in [2.24, 2.45) is 0 Å². The normalized spacial score (nSPS) is 21.4. The van der Waals surface area contributed by atoms with Crippen LogP contribution in [0.5, 0.6) is 0 Å². The molecule has 0 saturated carbocycles. The molecule has 5 heteroatoms. The first-order chi connectivity index (χ1) is 7.66. The van der Waals surface area contributed by atoms with Gasteiger partial charge in [0, 0.05) is 11.8 Å². The molecule has 1 aliphatic rings. The van der Waals surface area contributed by atoms with Crippen LogP contribution in [0.1, 0.15) is 36.0 Å². The Labute approximate surface area is 98.9 Å². The number of likely N-dealkylation sites (tertiary alicyclic amines) is 1. The minimum Gasteiger partial charge on any atom is -0.481 e. The second kappa shape index (κ2) is 4.93. The standard InChI is InChI=1S/C11H16N2O2S/c1-13-6-2-3-9(13)11-12-8(7-16-11)4-5-10(14)15/h7,9H,2-6H2,1H3,(H,14,15). The van der Waals surface area contributed by atoms with Gasteiger partial charge >= 0.3 is 5.97 Å². The van der Waals surface area contributed by atoms with E-state index in [-0.39, 0.29) is 6.42 Å². The maximum atomic E-state index is 10.5. The Bertz CT molecular complexity index is 378. The Morgan fingerprint density at radius 1 is 1.75 bits per heavy atom. The second-order valence-corrected chi connectivity index (χ2v) is 5.10. The number of thiazole rings is 1. The molecule has 2 rings (SSSR count). The molecule has 88 valence electrons. The highest BCUT2D eigenvalue weighted by Crippen LogP contribution is 2.32. The molecule has 0 radical (unpaired) electrons. The van der Waals surface area contributed by atoms with E-state index in [1.165, 1.54) is 12.8 Å². The first kappa shape index (κ1) is 11.5. The van der Waals surface area contributed by atoms with Gasteiger partial charge in [0.2, 0.25) is 0 Å². The first-order valence-electron chi connectivity index (χ1n) is 5.53. The molecule has 1 atom stereocenters. The van der Waals surface area contributed by atoms with Gasteiger partial charge in [0.25, 0.3) is 0 Å². The maximum Gasteiger partial charge on any atom is 0.303 e. The van der Waals surface area contributed by atoms with Gasteiger partial charge in [0.15, 0.2) is 0 Å². The lowest BCUT2D eigenvalue weighted by atomic mass is 10.2. The minimum atomic E-state index is -0.757. The van der Waals surface area contributed by atoms with Gasteiger partial charge in [-0.2, -0.15) is 0 Å². The van der Waals surface area contributed by atoms with E-state index >= 15 is 0 Å². The van der Waals surface area contributed by atoms with Crippen LogP contribution in [0.2, 0.25) is 0 Å². The Hall–Kier alpha value is -0.940. The summed E-state index contributed by atoms with van der Waals surface area (Å²) in [4.78, 5) is 17.3. The van der Waals surface area contributed by atoms with E-state index in [1.54, 1.807) is 11.3 Å². The quantitative estimate of drug-likeness (QED) is 0.873. The van der Waals surface area contributed by atoms with Gasteiger partial charge in [-0.05, 0) is 26.4 Å². The Kier molecular flexibility index (Phi) is 3.56. The SMILES string of the molecule is CN1CCCC1c1nc(CCC(=O)O)cs1. The van der Waals surface area contributed by atoms with Crippen molar-refractivity contribution in [3.05, 3.63) is 16.1 Å². The van der Waals surface area contributed by atoms with Crippen molar-refractivity contribution in [1.82, 2.24) is 9.88 Å². The van der Waals surface area contributed by atoms with Gasteiger partial charge in [0.05, 0.1) is 18.2 Å². The number of carbonyl (C=O) groups is 1. The molecule has 0 spiro atoms. The van der Waals surface area contributed by atoms with Gasteiger partial charge in [-0.3, -0.25) is 9.69 Å². The summed E-state index contributed by atoms with van der Waals surface area (Å²) in [5.41, 5.74) is 0.919. The molecular formula is C11H16N2O2S. The molecule has 2 heterocycles. The van der Waals surface area contributed by atoms with E-state index in [0.717, 1.165) is 17.2 Å². The topological polar surface area (TPSA) is 53.4 Å². The van der Waals surface area contributed by atoms with Crippen LogP contribution in [0.3, 0.4) is 0 Å². The van der Waals surface area contributed by atoms with Crippen molar-refractivity contribution in [3.63, 3.8) is 0 Å². The molecule has 0 bridgehead atoms. The highest BCUT2D eigenvalue weighted by Gasteiger charge is 2.25. The van der Waals surface area contributed by atoms with Crippen molar-refractivity contribution < 1.29 is 9.90 Å². The number of aryl methyl sites for hydroxylation is 1. The minimum absolute atomic E-state index is 0.170. The summed E-state index contributed by atoms with van der Waals surface area (Å²) >= 11 is 1.66. The van der Waals surface area contributed by atoms with Crippen LogP contribution in [0.25, 0.3) is 0 Å². The Balaban J connectivity index is 1.99. The molecule has 0 aromatic carbocycles. The molecule has 1 N–H and O–H groups in total. The van der Waals surface area contributed by atoms with E-state index in [1.807, 2.05) is 5.38 Å². The van der Waals surface area contributed by atoms with Crippen LogP contribution in [0.15, 0.2) is 5.38 Å². The van der Waals surface area contributed by atoms with Gasteiger partial charge in [-0.1, -0.05) is 0 Å². The zero-order chi connectivity index (χ0) is 11.5. The highest BCUT2D eigenvalue weighted by molar-refractivity contribution is 7.09. The van der Waals surface area contributed by atoms with Crippen molar-refractivity contribution >= 4 is 17.3 Å². The molecule has 0 amide bonds. The van der Waals surface area contributed by atoms with Crippen LogP contribution >= 0.6 is 11.3 Å². The zero-order valence-electron chi connectivity index (χ0n) is 9.35. The fraction of sp³-hybridized carbons (Fsp3) is 0.636. The average molecular weight is 240 g/mol. The molecule has 1 unspecified atom stereocenters. The summed E-state index contributed by atoms with van der Waals surface area (Å²) in [7, 11) is 2.12. The number of nitrogens with zero attached hydrogens (tertiary/aromatic N) is 2. The molecule has 1 fully saturated rings. The highest BCUT2D eigenvalue weighted by atomic mass is 32.1. The molecule has 16 heavy (non-hydrogen) atoms. The van der Waals surface area contributed by atoms with E-state index < -0.39 is 5.97 Å². The third kappa shape index (κ3) is 2.59. The van der Waals surface area contributed by atoms with Crippen molar-refractivity contribution in [1.29, 1.82) is 0 Å². The molecule has 1 aromatic rings. The third-order valence-corrected chi connectivity index (χ3v) is 3.96. The first-order valence-corrected chi connectivity index (χ1v) is 6.41. The number of hydrogen-bond acceptors (Lipinski definition) is 4. The number of carboxylic acid groups (broad SMARTS) is 1. The lowest BCUT2D eigenvalue weighted by molar-refractivity contribution is -0.136. The fourth-order valence-electron chi connectivity index (χ4n) is 2.05. The number of carboxylic acids is 1. The Morgan fingerprint density at radius 2 is 2.56 bits per heavy atom. The summed E-state index contributed by atoms with van der Waals surface area (Å²) in [6.45, 7) is 1.13. The van der Waals surface area contributed by atoms with Crippen LogP contribution < -0.4 is 0 Å². The van der Waals surface area contributed by atoms with Crippen molar-refractivity contribution in [2.45, 2.75) is 31.7 Å². The predicted molar refractivity (Wildman–Crippen MR) is 62.7 cm³/mol. The average Bonchev–Trinajstić information content (AvgIpc) is 2.83. The lowest BCUT2D eigenvalue weighted by Gasteiger charge is -2.16. The Morgan fingerprint density at radius 3 is 3.19 bits per heavy atom. The predicted octanol–water partition coefficient (Wildman–Crippen LogP) is 1.93. The monoisotopic (exact) mass is 240 g/mol. The summed E-state index contributed by atoms with van der Waals surface area (Å²) in [6.07, 6.45) is 3.11. The van der Waals surface area contributed by atoms with Crippen molar-refractivity contribution in [2.75, 3.05) is 13.6 Å². The summed E-state index contributed by atoms with van der Waals surface area (Å²) < 4.78 is 0. The second-order valence-electron chi connectivity index (χ2n) is 4.21. The lowest BCUT2D eigenvalue weighted by Crippen LogP contribution is -2.17. The van der Waals surface area contributed by atoms with E-state index in [2.05, 4.69) is 16.9 Å². The smallest absolute Gasteiger partial charge is 0.303 e. The number of aromatic nitrogens is 1. The van der Waals surface area contributed by atoms with Gasteiger partial charge in [0.1, 0.15) is 5.01 Å². The molecule has 4 nitrogen and oxygen atoms in total. The van der Waals surface area contributed by atoms with E-state index in [4.69, 9.17) is 5.11 Å². The van der Waals surface area contributed by atoms with Gasteiger partial charge < -0.3 is 5.11 Å². The number of aliphatic carboxylic acids is 1. The molecule has 1 aliphatic heterocycles. The van der Waals surface area contributed by atoms with E-state index in [0.29, 0.717) is 12.5 Å².